The highest BCUT2D eigenvalue weighted by molar-refractivity contribution is 5.26. The highest BCUT2D eigenvalue weighted by atomic mass is 15.3. The molecule has 116 valence electrons. The van der Waals surface area contributed by atoms with Gasteiger partial charge < -0.3 is 5.32 Å². The lowest BCUT2D eigenvalue weighted by atomic mass is 9.80. The van der Waals surface area contributed by atoms with E-state index in [2.05, 4.69) is 87.3 Å². The molecule has 2 rings (SSSR count). The Morgan fingerprint density at radius 3 is 2.52 bits per heavy atom. The molecule has 0 spiro atoms. The third kappa shape index (κ3) is 3.56. The zero-order valence-electron chi connectivity index (χ0n) is 14.2. The van der Waals surface area contributed by atoms with Crippen molar-refractivity contribution in [2.75, 3.05) is 19.6 Å². The molecule has 0 saturated carbocycles. The van der Waals surface area contributed by atoms with Crippen LogP contribution >= 0.6 is 0 Å². The van der Waals surface area contributed by atoms with Crippen molar-refractivity contribution in [2.45, 2.75) is 46.2 Å². The lowest BCUT2D eigenvalue weighted by molar-refractivity contribution is 0.0316. The first-order chi connectivity index (χ1) is 9.88. The third-order valence-electron chi connectivity index (χ3n) is 4.80. The number of nitrogens with one attached hydrogen (secondary N) is 1. The number of nitrogens with zero attached hydrogens (tertiary/aromatic N) is 1. The van der Waals surface area contributed by atoms with Crippen molar-refractivity contribution in [3.8, 4) is 0 Å². The van der Waals surface area contributed by atoms with Gasteiger partial charge in [-0.25, -0.2) is 0 Å². The first-order valence-electron chi connectivity index (χ1n) is 8.03. The molecular weight excluding hydrogens is 256 g/mol. The average Bonchev–Trinajstić information content (AvgIpc) is 2.46. The largest absolute Gasteiger partial charge is 0.310 e. The first kappa shape index (κ1) is 16.3. The fraction of sp³-hybridized carbons (Fsp3) is 0.579. The highest BCUT2D eigenvalue weighted by Crippen LogP contribution is 2.34. The van der Waals surface area contributed by atoms with Crippen LogP contribution in [0.15, 0.2) is 42.5 Å². The van der Waals surface area contributed by atoms with Crippen molar-refractivity contribution in [3.63, 3.8) is 0 Å². The maximum Gasteiger partial charge on any atom is 0.0561 e. The van der Waals surface area contributed by atoms with Gasteiger partial charge in [-0.1, -0.05) is 63.3 Å². The minimum atomic E-state index is 0.0581. The van der Waals surface area contributed by atoms with E-state index in [1.54, 1.807) is 0 Å². The van der Waals surface area contributed by atoms with Gasteiger partial charge in [0.25, 0.3) is 0 Å². The number of rotatable bonds is 3. The van der Waals surface area contributed by atoms with E-state index in [1.807, 2.05) is 0 Å². The van der Waals surface area contributed by atoms with E-state index in [1.165, 1.54) is 5.56 Å². The molecule has 0 radical (unpaired) electrons. The summed E-state index contributed by atoms with van der Waals surface area (Å²) in [7, 11) is 0. The van der Waals surface area contributed by atoms with Crippen LogP contribution < -0.4 is 5.32 Å². The molecule has 2 nitrogen and oxygen atoms in total. The van der Waals surface area contributed by atoms with Crippen molar-refractivity contribution in [1.29, 1.82) is 0 Å². The molecule has 2 atom stereocenters. The van der Waals surface area contributed by atoms with Crippen molar-refractivity contribution in [1.82, 2.24) is 10.2 Å². The molecule has 1 aromatic rings. The molecule has 1 saturated heterocycles. The topological polar surface area (TPSA) is 15.3 Å². The predicted octanol–water partition coefficient (Wildman–Crippen LogP) is 3.80. The summed E-state index contributed by atoms with van der Waals surface area (Å²) in [5, 5.41) is 3.79. The maximum absolute atomic E-state index is 3.79. The van der Waals surface area contributed by atoms with E-state index >= 15 is 0 Å². The van der Waals surface area contributed by atoms with E-state index in [-0.39, 0.29) is 11.0 Å². The van der Waals surface area contributed by atoms with Gasteiger partial charge in [0.15, 0.2) is 0 Å². The predicted molar refractivity (Wildman–Crippen MR) is 91.4 cm³/mol. The Bertz CT molecular complexity index is 472. The van der Waals surface area contributed by atoms with Crippen LogP contribution in [0.3, 0.4) is 0 Å². The lowest BCUT2D eigenvalue weighted by Crippen LogP contribution is -2.64. The second-order valence-electron chi connectivity index (χ2n) is 7.41. The van der Waals surface area contributed by atoms with Gasteiger partial charge in [0.1, 0.15) is 0 Å². The molecule has 2 unspecified atom stereocenters. The summed E-state index contributed by atoms with van der Waals surface area (Å²) < 4.78 is 0. The average molecular weight is 286 g/mol. The van der Waals surface area contributed by atoms with Crippen LogP contribution in [-0.4, -0.2) is 30.6 Å². The van der Waals surface area contributed by atoms with Crippen LogP contribution in [-0.2, 0) is 5.54 Å². The summed E-state index contributed by atoms with van der Waals surface area (Å²) in [6.45, 7) is 14.5. The van der Waals surface area contributed by atoms with Gasteiger partial charge in [-0.2, -0.15) is 0 Å². The number of benzene rings is 1. The summed E-state index contributed by atoms with van der Waals surface area (Å²) in [6, 6.07) is 11.4. The Balaban J connectivity index is 2.28. The van der Waals surface area contributed by atoms with Crippen LogP contribution in [0.5, 0.6) is 0 Å². The summed E-state index contributed by atoms with van der Waals surface area (Å²) in [4.78, 5) is 2.62. The molecule has 0 bridgehead atoms. The molecule has 0 aliphatic carbocycles. The van der Waals surface area contributed by atoms with Crippen LogP contribution in [0.25, 0.3) is 0 Å². The molecular formula is C19H30N2. The van der Waals surface area contributed by atoms with Gasteiger partial charge in [0, 0.05) is 25.7 Å². The van der Waals surface area contributed by atoms with Crippen molar-refractivity contribution in [2.24, 2.45) is 5.41 Å². The van der Waals surface area contributed by atoms with Gasteiger partial charge in [0.05, 0.1) is 5.54 Å². The van der Waals surface area contributed by atoms with Gasteiger partial charge in [-0.3, -0.25) is 4.90 Å². The highest BCUT2D eigenvalue weighted by Gasteiger charge is 2.41. The Kier molecular flexibility index (Phi) is 4.90. The molecule has 0 amide bonds. The van der Waals surface area contributed by atoms with E-state index < -0.39 is 0 Å². The molecule has 1 aliphatic rings. The van der Waals surface area contributed by atoms with Crippen molar-refractivity contribution >= 4 is 0 Å². The second-order valence-corrected chi connectivity index (χ2v) is 7.41. The maximum atomic E-state index is 3.79. The Morgan fingerprint density at radius 1 is 1.29 bits per heavy atom. The summed E-state index contributed by atoms with van der Waals surface area (Å²) in [5.41, 5.74) is 1.74. The monoisotopic (exact) mass is 286 g/mol. The van der Waals surface area contributed by atoms with Gasteiger partial charge in [-0.05, 0) is 24.8 Å². The fourth-order valence-electron chi connectivity index (χ4n) is 3.09. The lowest BCUT2D eigenvalue weighted by Gasteiger charge is -2.51. The van der Waals surface area contributed by atoms with E-state index in [0.29, 0.717) is 6.04 Å². The Hall–Kier alpha value is -1.12. The fourth-order valence-corrected chi connectivity index (χ4v) is 3.09. The van der Waals surface area contributed by atoms with Gasteiger partial charge in [-0.15, -0.1) is 0 Å². The number of hydrogen-bond acceptors (Lipinski definition) is 2. The zero-order valence-corrected chi connectivity index (χ0v) is 14.2. The minimum absolute atomic E-state index is 0.0581. The molecule has 1 aromatic carbocycles. The van der Waals surface area contributed by atoms with E-state index in [0.717, 1.165) is 19.6 Å². The SMILES string of the molecule is C/C=C/CN1CC(C(C)(C)C)NCC1(C)c1ccccc1. The second kappa shape index (κ2) is 6.33. The molecule has 1 fully saturated rings. The Morgan fingerprint density at radius 2 is 1.95 bits per heavy atom. The van der Waals surface area contributed by atoms with E-state index in [9.17, 15) is 0 Å². The third-order valence-corrected chi connectivity index (χ3v) is 4.80. The number of allylic oxidation sites excluding steroid dienone is 1. The zero-order chi connectivity index (χ0) is 15.5. The quantitative estimate of drug-likeness (QED) is 0.850. The Labute approximate surface area is 130 Å². The number of piperazine rings is 1. The smallest absolute Gasteiger partial charge is 0.0561 e. The van der Waals surface area contributed by atoms with Crippen LogP contribution in [0, 0.1) is 5.41 Å². The molecule has 1 aliphatic heterocycles. The first-order valence-corrected chi connectivity index (χ1v) is 8.03. The van der Waals surface area contributed by atoms with Crippen LogP contribution in [0.2, 0.25) is 0 Å². The molecule has 1 heterocycles. The van der Waals surface area contributed by atoms with Crippen molar-refractivity contribution < 1.29 is 0 Å². The standard InChI is InChI=1S/C19H30N2/c1-6-7-13-21-14-17(18(2,3)4)20-15-19(21,5)16-11-9-8-10-12-16/h6-12,17,20H,13-15H2,1-5H3/b7-6+. The van der Waals surface area contributed by atoms with Crippen LogP contribution in [0.4, 0.5) is 0 Å². The summed E-state index contributed by atoms with van der Waals surface area (Å²) in [6.07, 6.45) is 4.42. The van der Waals surface area contributed by atoms with Gasteiger partial charge >= 0.3 is 0 Å². The molecule has 21 heavy (non-hydrogen) atoms. The van der Waals surface area contributed by atoms with Crippen molar-refractivity contribution in [3.05, 3.63) is 48.0 Å². The molecule has 1 N–H and O–H groups in total. The normalized spacial score (nSPS) is 28.1. The van der Waals surface area contributed by atoms with Crippen LogP contribution in [0.1, 0.15) is 40.2 Å². The summed E-state index contributed by atoms with van der Waals surface area (Å²) in [5.74, 6) is 0. The number of hydrogen-bond donors (Lipinski definition) is 1. The summed E-state index contributed by atoms with van der Waals surface area (Å²) >= 11 is 0. The molecule has 0 aromatic heterocycles. The van der Waals surface area contributed by atoms with Gasteiger partial charge in [0.2, 0.25) is 0 Å². The minimum Gasteiger partial charge on any atom is -0.310 e. The molecule has 2 heteroatoms. The van der Waals surface area contributed by atoms with E-state index in [4.69, 9.17) is 0 Å².